The molecular weight excluding hydrogens is 231 g/mol. The quantitative estimate of drug-likeness (QED) is 0.863. The van der Waals surface area contributed by atoms with Gasteiger partial charge >= 0.3 is 0 Å². The number of anilines is 1. The van der Waals surface area contributed by atoms with Crippen molar-refractivity contribution in [1.82, 2.24) is 5.32 Å². The second kappa shape index (κ2) is 4.35. The number of likely N-dealkylation sites (N-methyl/N-ethyl adjacent to an activating group) is 1. The van der Waals surface area contributed by atoms with Crippen molar-refractivity contribution in [3.63, 3.8) is 0 Å². The van der Waals surface area contributed by atoms with Gasteiger partial charge in [0.15, 0.2) is 0 Å². The van der Waals surface area contributed by atoms with Crippen LogP contribution in [0.25, 0.3) is 0 Å². The Hall–Kier alpha value is -1.42. The molecule has 1 fully saturated rings. The lowest BCUT2D eigenvalue weighted by Crippen LogP contribution is -2.23. The van der Waals surface area contributed by atoms with Crippen molar-refractivity contribution in [2.45, 2.75) is 31.7 Å². The first kappa shape index (κ1) is 11.7. The fourth-order valence-corrected chi connectivity index (χ4v) is 2.97. The summed E-state index contributed by atoms with van der Waals surface area (Å²) in [5, 5.41) is 3.41. The van der Waals surface area contributed by atoms with Crippen molar-refractivity contribution < 1.29 is 9.18 Å². The van der Waals surface area contributed by atoms with E-state index in [1.165, 1.54) is 11.3 Å². The second-order valence-electron chi connectivity index (χ2n) is 5.21. The number of fused-ring (bicyclic) bond motifs is 1. The van der Waals surface area contributed by atoms with E-state index in [1.54, 1.807) is 13.1 Å². The van der Waals surface area contributed by atoms with E-state index >= 15 is 0 Å². The molecule has 96 valence electrons. The Labute approximate surface area is 106 Å². The smallest absolute Gasteiger partial charge is 0.231 e. The Kier molecular flexibility index (Phi) is 2.82. The molecule has 1 amide bonds. The maximum Gasteiger partial charge on any atom is 0.231 e. The maximum absolute atomic E-state index is 14.0. The van der Waals surface area contributed by atoms with Gasteiger partial charge in [-0.1, -0.05) is 6.07 Å². The Bertz CT molecular complexity index is 495. The number of benzene rings is 1. The molecule has 18 heavy (non-hydrogen) atoms. The molecule has 1 aromatic carbocycles. The number of nitrogens with one attached hydrogen (secondary N) is 1. The van der Waals surface area contributed by atoms with Crippen molar-refractivity contribution in [3.05, 3.63) is 29.1 Å². The van der Waals surface area contributed by atoms with Gasteiger partial charge in [-0.3, -0.25) is 4.79 Å². The molecule has 0 radical (unpaired) electrons. The molecule has 0 spiro atoms. The zero-order chi connectivity index (χ0) is 12.7. The van der Waals surface area contributed by atoms with Crippen LogP contribution < -0.4 is 10.2 Å². The molecular formula is C14H17FN2O. The van der Waals surface area contributed by atoms with Crippen LogP contribution in [0.4, 0.5) is 10.1 Å². The molecule has 0 saturated carbocycles. The predicted molar refractivity (Wildman–Crippen MR) is 68.2 cm³/mol. The van der Waals surface area contributed by atoms with Gasteiger partial charge in [-0.05, 0) is 43.0 Å². The third-order valence-corrected chi connectivity index (χ3v) is 3.90. The first-order valence-corrected chi connectivity index (χ1v) is 6.46. The van der Waals surface area contributed by atoms with Gasteiger partial charge in [0, 0.05) is 13.1 Å². The average Bonchev–Trinajstić information content (AvgIpc) is 2.89. The van der Waals surface area contributed by atoms with E-state index in [0.717, 1.165) is 30.5 Å². The molecule has 1 aromatic rings. The fourth-order valence-electron chi connectivity index (χ4n) is 2.97. The summed E-state index contributed by atoms with van der Waals surface area (Å²) >= 11 is 0. The zero-order valence-corrected chi connectivity index (χ0v) is 10.5. The van der Waals surface area contributed by atoms with Crippen LogP contribution in [0.1, 0.15) is 24.0 Å². The number of carbonyl (C=O) groups is 1. The van der Waals surface area contributed by atoms with E-state index in [0.29, 0.717) is 18.2 Å². The minimum Gasteiger partial charge on any atom is -0.314 e. The number of carbonyl (C=O) groups excluding carboxylic acids is 1. The highest BCUT2D eigenvalue weighted by Gasteiger charge is 2.28. The molecule has 1 N–H and O–H groups in total. The fraction of sp³-hybridized carbons (Fsp3) is 0.500. The van der Waals surface area contributed by atoms with E-state index in [-0.39, 0.29) is 11.7 Å². The lowest BCUT2D eigenvalue weighted by Gasteiger charge is -2.14. The summed E-state index contributed by atoms with van der Waals surface area (Å²) < 4.78 is 14.0. The Balaban J connectivity index is 1.88. The summed E-state index contributed by atoms with van der Waals surface area (Å²) in [6, 6.07) is 4.02. The molecule has 0 aromatic heterocycles. The van der Waals surface area contributed by atoms with Crippen LogP contribution in [0.15, 0.2) is 12.1 Å². The number of nitrogens with zero attached hydrogens (tertiary/aromatic N) is 1. The molecule has 4 heteroatoms. The van der Waals surface area contributed by atoms with Crippen LogP contribution in [0.3, 0.4) is 0 Å². The highest BCUT2D eigenvalue weighted by Crippen LogP contribution is 2.32. The highest BCUT2D eigenvalue weighted by atomic mass is 19.1. The number of halogens is 1. The van der Waals surface area contributed by atoms with Gasteiger partial charge in [0.05, 0.1) is 12.1 Å². The SMILES string of the molecule is CN1C(=O)Cc2cc(CC3CCCN3)cc(F)c21. The van der Waals surface area contributed by atoms with E-state index in [9.17, 15) is 9.18 Å². The molecule has 1 atom stereocenters. The molecule has 2 aliphatic rings. The minimum atomic E-state index is -0.270. The molecule has 2 heterocycles. The lowest BCUT2D eigenvalue weighted by molar-refractivity contribution is -0.117. The molecule has 0 bridgehead atoms. The third kappa shape index (κ3) is 1.90. The Morgan fingerprint density at radius 3 is 3.06 bits per heavy atom. The number of hydrogen-bond donors (Lipinski definition) is 1. The van der Waals surface area contributed by atoms with Crippen molar-refractivity contribution in [2.24, 2.45) is 0 Å². The second-order valence-corrected chi connectivity index (χ2v) is 5.21. The van der Waals surface area contributed by atoms with Gasteiger partial charge in [-0.15, -0.1) is 0 Å². The lowest BCUT2D eigenvalue weighted by atomic mass is 10.0. The third-order valence-electron chi connectivity index (χ3n) is 3.90. The maximum atomic E-state index is 14.0. The van der Waals surface area contributed by atoms with Crippen LogP contribution in [0.2, 0.25) is 0 Å². The van der Waals surface area contributed by atoms with Gasteiger partial charge in [0.1, 0.15) is 5.82 Å². The minimum absolute atomic E-state index is 0.0277. The van der Waals surface area contributed by atoms with Crippen LogP contribution in [-0.2, 0) is 17.6 Å². The summed E-state index contributed by atoms with van der Waals surface area (Å²) in [5.41, 5.74) is 2.28. The van der Waals surface area contributed by atoms with E-state index in [1.807, 2.05) is 6.07 Å². The summed E-state index contributed by atoms with van der Waals surface area (Å²) in [4.78, 5) is 13.0. The van der Waals surface area contributed by atoms with Crippen LogP contribution in [0, 0.1) is 5.82 Å². The highest BCUT2D eigenvalue weighted by molar-refractivity contribution is 6.01. The normalized spacial score (nSPS) is 22.7. The number of hydrogen-bond acceptors (Lipinski definition) is 2. The summed E-state index contributed by atoms with van der Waals surface area (Å²) in [6.45, 7) is 1.05. The van der Waals surface area contributed by atoms with Crippen LogP contribution >= 0.6 is 0 Å². The molecule has 2 aliphatic heterocycles. The summed E-state index contributed by atoms with van der Waals surface area (Å²) in [6.07, 6.45) is 3.52. The Morgan fingerprint density at radius 2 is 2.33 bits per heavy atom. The van der Waals surface area contributed by atoms with Crippen molar-refractivity contribution in [3.8, 4) is 0 Å². The first-order valence-electron chi connectivity index (χ1n) is 6.46. The average molecular weight is 248 g/mol. The standard InChI is InChI=1S/C14H17FN2O/c1-17-13(18)8-10-5-9(7-12(15)14(10)17)6-11-3-2-4-16-11/h5,7,11,16H,2-4,6,8H2,1H3. The van der Waals surface area contributed by atoms with Crippen LogP contribution in [0.5, 0.6) is 0 Å². The number of amides is 1. The molecule has 3 nitrogen and oxygen atoms in total. The van der Waals surface area contributed by atoms with Crippen molar-refractivity contribution in [2.75, 3.05) is 18.5 Å². The Morgan fingerprint density at radius 1 is 1.50 bits per heavy atom. The van der Waals surface area contributed by atoms with E-state index in [2.05, 4.69) is 5.32 Å². The molecule has 3 rings (SSSR count). The summed E-state index contributed by atoms with van der Waals surface area (Å²) in [7, 11) is 1.63. The monoisotopic (exact) mass is 248 g/mol. The van der Waals surface area contributed by atoms with Gasteiger partial charge in [-0.25, -0.2) is 4.39 Å². The van der Waals surface area contributed by atoms with Gasteiger partial charge in [-0.2, -0.15) is 0 Å². The van der Waals surface area contributed by atoms with Gasteiger partial charge in [0.2, 0.25) is 5.91 Å². The van der Waals surface area contributed by atoms with Gasteiger partial charge in [0.25, 0.3) is 0 Å². The van der Waals surface area contributed by atoms with Crippen LogP contribution in [-0.4, -0.2) is 25.5 Å². The van der Waals surface area contributed by atoms with Crippen molar-refractivity contribution in [1.29, 1.82) is 0 Å². The topological polar surface area (TPSA) is 32.3 Å². The summed E-state index contributed by atoms with van der Waals surface area (Å²) in [5.74, 6) is -0.297. The predicted octanol–water partition coefficient (Wildman–Crippen LogP) is 1.64. The van der Waals surface area contributed by atoms with Gasteiger partial charge < -0.3 is 10.2 Å². The molecule has 0 aliphatic carbocycles. The van der Waals surface area contributed by atoms with E-state index < -0.39 is 0 Å². The van der Waals surface area contributed by atoms with Crippen molar-refractivity contribution >= 4 is 11.6 Å². The molecule has 1 unspecified atom stereocenters. The first-order chi connectivity index (χ1) is 8.65. The largest absolute Gasteiger partial charge is 0.314 e. The zero-order valence-electron chi connectivity index (χ0n) is 10.5. The van der Waals surface area contributed by atoms with E-state index in [4.69, 9.17) is 0 Å². The molecule has 1 saturated heterocycles. The number of rotatable bonds is 2.